The standard InChI is InChI=1S/C14H26N2O2/c1-3-7-15-8-5-12(6-9-15)16-10-4-11(2)13(16)14(17)18/h11-13H,3-10H2,1-2H3,(H,17,18). The number of piperidine rings is 1. The summed E-state index contributed by atoms with van der Waals surface area (Å²) in [5.41, 5.74) is 0. The molecule has 0 aromatic heterocycles. The first-order valence-corrected chi connectivity index (χ1v) is 7.34. The van der Waals surface area contributed by atoms with Crippen LogP contribution in [0.2, 0.25) is 0 Å². The molecule has 0 bridgehead atoms. The minimum absolute atomic E-state index is 0.243. The van der Waals surface area contributed by atoms with Crippen molar-refractivity contribution in [2.45, 2.75) is 51.6 Å². The van der Waals surface area contributed by atoms with Crippen LogP contribution < -0.4 is 0 Å². The van der Waals surface area contributed by atoms with Gasteiger partial charge in [-0.2, -0.15) is 0 Å². The Kier molecular flexibility index (Phi) is 4.62. The van der Waals surface area contributed by atoms with Crippen molar-refractivity contribution in [2.24, 2.45) is 5.92 Å². The Balaban J connectivity index is 1.91. The van der Waals surface area contributed by atoms with Crippen LogP contribution in [0.15, 0.2) is 0 Å². The van der Waals surface area contributed by atoms with Crippen LogP contribution in [0.25, 0.3) is 0 Å². The number of carboxylic acid groups (broad SMARTS) is 1. The molecular weight excluding hydrogens is 228 g/mol. The van der Waals surface area contributed by atoms with Crippen molar-refractivity contribution < 1.29 is 9.90 Å². The molecule has 2 heterocycles. The Labute approximate surface area is 110 Å². The number of likely N-dealkylation sites (tertiary alicyclic amines) is 2. The average molecular weight is 254 g/mol. The third-order valence-electron chi connectivity index (χ3n) is 4.56. The number of nitrogens with zero attached hydrogens (tertiary/aromatic N) is 2. The van der Waals surface area contributed by atoms with Gasteiger partial charge in [-0.15, -0.1) is 0 Å². The molecular formula is C14H26N2O2. The van der Waals surface area contributed by atoms with E-state index in [0.29, 0.717) is 12.0 Å². The zero-order valence-electron chi connectivity index (χ0n) is 11.6. The van der Waals surface area contributed by atoms with Crippen molar-refractivity contribution in [3.63, 3.8) is 0 Å². The smallest absolute Gasteiger partial charge is 0.321 e. The van der Waals surface area contributed by atoms with E-state index in [1.54, 1.807) is 0 Å². The summed E-state index contributed by atoms with van der Waals surface area (Å²) >= 11 is 0. The highest BCUT2D eigenvalue weighted by atomic mass is 16.4. The second-order valence-corrected chi connectivity index (χ2v) is 5.86. The van der Waals surface area contributed by atoms with Crippen LogP contribution in [0.1, 0.15) is 39.5 Å². The molecule has 0 spiro atoms. The molecule has 104 valence electrons. The predicted molar refractivity (Wildman–Crippen MR) is 71.7 cm³/mol. The fourth-order valence-electron chi connectivity index (χ4n) is 3.56. The maximum Gasteiger partial charge on any atom is 0.321 e. The van der Waals surface area contributed by atoms with Crippen LogP contribution in [0, 0.1) is 5.92 Å². The maximum absolute atomic E-state index is 11.4. The van der Waals surface area contributed by atoms with Gasteiger partial charge in [0.05, 0.1) is 0 Å². The highest BCUT2D eigenvalue weighted by Crippen LogP contribution is 2.30. The predicted octanol–water partition coefficient (Wildman–Crippen LogP) is 1.66. The third-order valence-corrected chi connectivity index (χ3v) is 4.56. The van der Waals surface area contributed by atoms with Crippen LogP contribution in [-0.2, 0) is 4.79 Å². The molecule has 0 aromatic carbocycles. The lowest BCUT2D eigenvalue weighted by atomic mass is 9.99. The molecule has 1 N–H and O–H groups in total. The van der Waals surface area contributed by atoms with Crippen molar-refractivity contribution in [1.82, 2.24) is 9.80 Å². The number of aliphatic carboxylic acids is 1. The molecule has 0 radical (unpaired) electrons. The second-order valence-electron chi connectivity index (χ2n) is 5.86. The molecule has 2 atom stereocenters. The Morgan fingerprint density at radius 1 is 1.22 bits per heavy atom. The van der Waals surface area contributed by atoms with Crippen molar-refractivity contribution in [3.8, 4) is 0 Å². The summed E-state index contributed by atoms with van der Waals surface area (Å²) in [6.45, 7) is 8.72. The van der Waals surface area contributed by atoms with Crippen LogP contribution >= 0.6 is 0 Å². The molecule has 0 saturated carbocycles. The Morgan fingerprint density at radius 3 is 2.44 bits per heavy atom. The summed E-state index contributed by atoms with van der Waals surface area (Å²) in [5.74, 6) is -0.327. The summed E-state index contributed by atoms with van der Waals surface area (Å²) in [4.78, 5) is 16.1. The summed E-state index contributed by atoms with van der Waals surface area (Å²) in [7, 11) is 0. The molecule has 2 unspecified atom stereocenters. The van der Waals surface area contributed by atoms with Gasteiger partial charge in [-0.05, 0) is 57.8 Å². The van der Waals surface area contributed by atoms with Gasteiger partial charge in [-0.1, -0.05) is 13.8 Å². The zero-order valence-corrected chi connectivity index (χ0v) is 11.6. The number of hydrogen-bond donors (Lipinski definition) is 1. The van der Waals surface area contributed by atoms with Gasteiger partial charge >= 0.3 is 5.97 Å². The van der Waals surface area contributed by atoms with Gasteiger partial charge in [-0.25, -0.2) is 0 Å². The largest absolute Gasteiger partial charge is 0.480 e. The van der Waals surface area contributed by atoms with Crippen LogP contribution in [0.3, 0.4) is 0 Å². The van der Waals surface area contributed by atoms with E-state index in [2.05, 4.69) is 23.6 Å². The van der Waals surface area contributed by atoms with E-state index in [0.717, 1.165) is 38.9 Å². The number of carboxylic acids is 1. The SMILES string of the molecule is CCCN1CCC(N2CCC(C)C2C(=O)O)CC1. The second kappa shape index (κ2) is 6.02. The first kappa shape index (κ1) is 13.8. The first-order valence-electron chi connectivity index (χ1n) is 7.34. The monoisotopic (exact) mass is 254 g/mol. The molecule has 2 aliphatic heterocycles. The minimum atomic E-state index is -0.629. The lowest BCUT2D eigenvalue weighted by molar-refractivity contribution is -0.144. The van der Waals surface area contributed by atoms with Gasteiger partial charge in [-0.3, -0.25) is 9.69 Å². The van der Waals surface area contributed by atoms with E-state index in [9.17, 15) is 9.90 Å². The highest BCUT2D eigenvalue weighted by Gasteiger charge is 2.40. The van der Waals surface area contributed by atoms with E-state index in [-0.39, 0.29) is 6.04 Å². The van der Waals surface area contributed by atoms with Gasteiger partial charge in [0, 0.05) is 6.04 Å². The Morgan fingerprint density at radius 2 is 1.89 bits per heavy atom. The fourth-order valence-corrected chi connectivity index (χ4v) is 3.56. The summed E-state index contributed by atoms with van der Waals surface area (Å²) in [6, 6.07) is 0.247. The van der Waals surface area contributed by atoms with E-state index in [1.807, 2.05) is 0 Å². The molecule has 2 aliphatic rings. The molecule has 4 nitrogen and oxygen atoms in total. The average Bonchev–Trinajstić information content (AvgIpc) is 2.73. The molecule has 2 fully saturated rings. The van der Waals surface area contributed by atoms with E-state index < -0.39 is 5.97 Å². The molecule has 18 heavy (non-hydrogen) atoms. The van der Waals surface area contributed by atoms with E-state index >= 15 is 0 Å². The van der Waals surface area contributed by atoms with Crippen LogP contribution in [0.4, 0.5) is 0 Å². The zero-order chi connectivity index (χ0) is 13.1. The summed E-state index contributed by atoms with van der Waals surface area (Å²) < 4.78 is 0. The number of hydrogen-bond acceptors (Lipinski definition) is 3. The van der Waals surface area contributed by atoms with Gasteiger partial charge in [0.15, 0.2) is 0 Å². The van der Waals surface area contributed by atoms with Crippen molar-refractivity contribution >= 4 is 5.97 Å². The number of rotatable bonds is 4. The van der Waals surface area contributed by atoms with Crippen molar-refractivity contribution in [2.75, 3.05) is 26.2 Å². The summed E-state index contributed by atoms with van der Waals surface area (Å²) in [6.07, 6.45) is 4.52. The third kappa shape index (κ3) is 2.86. The topological polar surface area (TPSA) is 43.8 Å². The normalized spacial score (nSPS) is 31.9. The van der Waals surface area contributed by atoms with Crippen molar-refractivity contribution in [1.29, 1.82) is 0 Å². The van der Waals surface area contributed by atoms with Gasteiger partial charge in [0.25, 0.3) is 0 Å². The highest BCUT2D eigenvalue weighted by molar-refractivity contribution is 5.74. The maximum atomic E-state index is 11.4. The molecule has 0 amide bonds. The number of carbonyl (C=O) groups is 1. The van der Waals surface area contributed by atoms with Crippen LogP contribution in [-0.4, -0.2) is 59.1 Å². The van der Waals surface area contributed by atoms with Gasteiger partial charge < -0.3 is 10.0 Å². The lowest BCUT2D eigenvalue weighted by Crippen LogP contribution is -2.50. The fraction of sp³-hybridized carbons (Fsp3) is 0.929. The molecule has 2 saturated heterocycles. The van der Waals surface area contributed by atoms with Crippen LogP contribution in [0.5, 0.6) is 0 Å². The summed E-state index contributed by atoms with van der Waals surface area (Å²) in [5, 5.41) is 9.37. The molecule has 4 heteroatoms. The molecule has 2 rings (SSSR count). The van der Waals surface area contributed by atoms with E-state index in [4.69, 9.17) is 0 Å². The Hall–Kier alpha value is -0.610. The quantitative estimate of drug-likeness (QED) is 0.828. The molecule has 0 aromatic rings. The first-order chi connectivity index (χ1) is 8.63. The Bertz CT molecular complexity index is 288. The minimum Gasteiger partial charge on any atom is -0.480 e. The van der Waals surface area contributed by atoms with E-state index in [1.165, 1.54) is 13.0 Å². The van der Waals surface area contributed by atoms with Crippen molar-refractivity contribution in [3.05, 3.63) is 0 Å². The van der Waals surface area contributed by atoms with Gasteiger partial charge in [0.1, 0.15) is 6.04 Å². The van der Waals surface area contributed by atoms with Gasteiger partial charge in [0.2, 0.25) is 0 Å². The molecule has 0 aliphatic carbocycles. The lowest BCUT2D eigenvalue weighted by Gasteiger charge is -2.38.